The molecule has 0 aliphatic carbocycles. The molecule has 1 heterocycles. The number of carbonyl (C=O) groups is 2. The second kappa shape index (κ2) is 3.29. The van der Waals surface area contributed by atoms with Crippen molar-refractivity contribution in [3.8, 4) is 0 Å². The van der Waals surface area contributed by atoms with Crippen LogP contribution in [0.25, 0.3) is 0 Å². The molecule has 3 amide bonds. The third kappa shape index (κ3) is 1.77. The highest BCUT2D eigenvalue weighted by Gasteiger charge is 2.30. The Morgan fingerprint density at radius 1 is 1.50 bits per heavy atom. The number of carboxylic acid groups (broad SMARTS) is 1. The number of nitrogens with one attached hydrogen (secondary N) is 2. The van der Waals surface area contributed by atoms with E-state index >= 15 is 0 Å². The quantitative estimate of drug-likeness (QED) is 0.489. The zero-order valence-corrected chi connectivity index (χ0v) is 6.70. The van der Waals surface area contributed by atoms with E-state index in [1.807, 2.05) is 0 Å². The summed E-state index contributed by atoms with van der Waals surface area (Å²) in [6.07, 6.45) is -0.940. The zero-order chi connectivity index (χ0) is 9.14. The lowest BCUT2D eigenvalue weighted by Crippen LogP contribution is -2.61. The largest absolute Gasteiger partial charge is 0.465 e. The van der Waals surface area contributed by atoms with Gasteiger partial charge in [-0.3, -0.25) is 0 Å². The number of rotatable bonds is 1. The Kier molecular flexibility index (Phi) is 2.37. The van der Waals surface area contributed by atoms with E-state index in [1.165, 1.54) is 11.9 Å². The summed E-state index contributed by atoms with van der Waals surface area (Å²) in [5, 5.41) is 13.4. The van der Waals surface area contributed by atoms with Gasteiger partial charge in [0.2, 0.25) is 0 Å². The van der Waals surface area contributed by atoms with E-state index in [9.17, 15) is 9.59 Å². The Hall–Kier alpha value is -1.46. The Bertz CT molecular complexity index is 200. The van der Waals surface area contributed by atoms with Crippen LogP contribution in [0.1, 0.15) is 0 Å². The molecule has 1 rings (SSSR count). The van der Waals surface area contributed by atoms with Crippen molar-refractivity contribution in [2.45, 2.75) is 6.04 Å². The molecule has 68 valence electrons. The number of urea groups is 1. The zero-order valence-electron chi connectivity index (χ0n) is 6.70. The van der Waals surface area contributed by atoms with Gasteiger partial charge in [0, 0.05) is 20.1 Å². The van der Waals surface area contributed by atoms with Gasteiger partial charge in [0.15, 0.2) is 0 Å². The number of likely N-dealkylation sites (tertiary alicyclic amines) is 1. The van der Waals surface area contributed by atoms with Crippen LogP contribution in [-0.2, 0) is 0 Å². The van der Waals surface area contributed by atoms with Crippen LogP contribution in [0.4, 0.5) is 9.59 Å². The molecular weight excluding hydrogens is 162 g/mol. The Morgan fingerprint density at radius 3 is 2.50 bits per heavy atom. The first kappa shape index (κ1) is 8.63. The molecule has 0 bridgehead atoms. The van der Waals surface area contributed by atoms with Crippen molar-refractivity contribution >= 4 is 12.1 Å². The van der Waals surface area contributed by atoms with Gasteiger partial charge < -0.3 is 20.6 Å². The smallest absolute Gasteiger partial charge is 0.407 e. The van der Waals surface area contributed by atoms with Crippen LogP contribution in [0.5, 0.6) is 0 Å². The molecule has 1 fully saturated rings. The van der Waals surface area contributed by atoms with Crippen molar-refractivity contribution in [3.63, 3.8) is 0 Å². The molecule has 0 spiro atoms. The van der Waals surface area contributed by atoms with Gasteiger partial charge in [0.1, 0.15) is 0 Å². The SMILES string of the molecule is CNC(=O)NC1CN(C(=O)O)C1. The van der Waals surface area contributed by atoms with Gasteiger partial charge in [-0.05, 0) is 0 Å². The monoisotopic (exact) mass is 173 g/mol. The van der Waals surface area contributed by atoms with Gasteiger partial charge in [-0.2, -0.15) is 0 Å². The van der Waals surface area contributed by atoms with Crippen LogP contribution in [0, 0.1) is 0 Å². The van der Waals surface area contributed by atoms with Crippen molar-refractivity contribution < 1.29 is 14.7 Å². The highest BCUT2D eigenvalue weighted by Crippen LogP contribution is 2.06. The maximum absolute atomic E-state index is 10.7. The minimum atomic E-state index is -0.940. The molecule has 0 unspecified atom stereocenters. The Labute approximate surface area is 69.5 Å². The first-order valence-corrected chi connectivity index (χ1v) is 3.59. The number of nitrogens with zero attached hydrogens (tertiary/aromatic N) is 1. The highest BCUT2D eigenvalue weighted by molar-refractivity contribution is 5.74. The van der Waals surface area contributed by atoms with E-state index in [-0.39, 0.29) is 12.1 Å². The summed E-state index contributed by atoms with van der Waals surface area (Å²) >= 11 is 0. The van der Waals surface area contributed by atoms with E-state index in [1.54, 1.807) is 0 Å². The molecule has 6 nitrogen and oxygen atoms in total. The minimum absolute atomic E-state index is 0.0407. The number of amides is 3. The predicted molar refractivity (Wildman–Crippen MR) is 41.0 cm³/mol. The standard InChI is InChI=1S/C6H11N3O3/c1-7-5(10)8-4-2-9(3-4)6(11)12/h4H,2-3H2,1H3,(H,11,12)(H2,7,8,10). The lowest BCUT2D eigenvalue weighted by Gasteiger charge is -2.37. The molecule has 12 heavy (non-hydrogen) atoms. The van der Waals surface area contributed by atoms with Gasteiger partial charge in [0.25, 0.3) is 0 Å². The van der Waals surface area contributed by atoms with Crippen molar-refractivity contribution in [1.82, 2.24) is 15.5 Å². The summed E-state index contributed by atoms with van der Waals surface area (Å²) in [5.74, 6) is 0. The average Bonchev–Trinajstić information content (AvgIpc) is 1.94. The second-order valence-corrected chi connectivity index (χ2v) is 2.61. The van der Waals surface area contributed by atoms with E-state index in [0.29, 0.717) is 13.1 Å². The van der Waals surface area contributed by atoms with Crippen molar-refractivity contribution in [1.29, 1.82) is 0 Å². The maximum Gasteiger partial charge on any atom is 0.407 e. The van der Waals surface area contributed by atoms with Crippen LogP contribution >= 0.6 is 0 Å². The first-order valence-electron chi connectivity index (χ1n) is 3.59. The lowest BCUT2D eigenvalue weighted by molar-refractivity contribution is 0.0981. The van der Waals surface area contributed by atoms with E-state index in [4.69, 9.17) is 5.11 Å². The number of hydrogen-bond acceptors (Lipinski definition) is 2. The van der Waals surface area contributed by atoms with Gasteiger partial charge in [0.05, 0.1) is 6.04 Å². The summed E-state index contributed by atoms with van der Waals surface area (Å²) in [6.45, 7) is 0.755. The number of hydrogen-bond donors (Lipinski definition) is 3. The summed E-state index contributed by atoms with van der Waals surface area (Å²) in [5.41, 5.74) is 0. The molecule has 0 aromatic rings. The average molecular weight is 173 g/mol. The van der Waals surface area contributed by atoms with Gasteiger partial charge in [-0.1, -0.05) is 0 Å². The maximum atomic E-state index is 10.7. The predicted octanol–water partition coefficient (Wildman–Crippen LogP) is -0.722. The molecule has 0 radical (unpaired) electrons. The van der Waals surface area contributed by atoms with Gasteiger partial charge in [-0.25, -0.2) is 9.59 Å². The molecule has 6 heteroatoms. The molecule has 3 N–H and O–H groups in total. The topological polar surface area (TPSA) is 81.7 Å². The summed E-state index contributed by atoms with van der Waals surface area (Å²) in [7, 11) is 1.52. The molecule has 1 aliphatic heterocycles. The Morgan fingerprint density at radius 2 is 2.08 bits per heavy atom. The van der Waals surface area contributed by atoms with Crippen molar-refractivity contribution in [3.05, 3.63) is 0 Å². The summed E-state index contributed by atoms with van der Waals surface area (Å²) in [4.78, 5) is 22.2. The molecule has 0 aromatic heterocycles. The van der Waals surface area contributed by atoms with Crippen LogP contribution in [0.3, 0.4) is 0 Å². The van der Waals surface area contributed by atoms with Crippen LogP contribution in [-0.4, -0.2) is 48.3 Å². The summed E-state index contributed by atoms with van der Waals surface area (Å²) < 4.78 is 0. The second-order valence-electron chi connectivity index (χ2n) is 2.61. The third-order valence-electron chi connectivity index (χ3n) is 1.71. The molecule has 0 atom stereocenters. The molecule has 1 saturated heterocycles. The van der Waals surface area contributed by atoms with Gasteiger partial charge in [-0.15, -0.1) is 0 Å². The van der Waals surface area contributed by atoms with E-state index in [0.717, 1.165) is 0 Å². The highest BCUT2D eigenvalue weighted by atomic mass is 16.4. The fourth-order valence-corrected chi connectivity index (χ4v) is 0.984. The Balaban J connectivity index is 2.17. The van der Waals surface area contributed by atoms with E-state index in [2.05, 4.69) is 10.6 Å². The van der Waals surface area contributed by atoms with Crippen molar-refractivity contribution in [2.75, 3.05) is 20.1 Å². The molecule has 1 aliphatic rings. The van der Waals surface area contributed by atoms with Gasteiger partial charge >= 0.3 is 12.1 Å². The molecular formula is C6H11N3O3. The summed E-state index contributed by atoms with van der Waals surface area (Å²) in [6, 6.07) is -0.314. The van der Waals surface area contributed by atoms with Crippen LogP contribution in [0.15, 0.2) is 0 Å². The fraction of sp³-hybridized carbons (Fsp3) is 0.667. The first-order chi connectivity index (χ1) is 5.63. The van der Waals surface area contributed by atoms with E-state index < -0.39 is 6.09 Å². The third-order valence-corrected chi connectivity index (χ3v) is 1.71. The minimum Gasteiger partial charge on any atom is -0.465 e. The molecule has 0 saturated carbocycles. The molecule has 0 aromatic carbocycles. The number of carbonyl (C=O) groups excluding carboxylic acids is 1. The lowest BCUT2D eigenvalue weighted by atomic mass is 10.1. The van der Waals surface area contributed by atoms with Crippen LogP contribution in [0.2, 0.25) is 0 Å². The van der Waals surface area contributed by atoms with Crippen molar-refractivity contribution in [2.24, 2.45) is 0 Å². The fourth-order valence-electron chi connectivity index (χ4n) is 0.984. The van der Waals surface area contributed by atoms with Crippen LogP contribution < -0.4 is 10.6 Å². The normalized spacial score (nSPS) is 16.6.